The van der Waals surface area contributed by atoms with Gasteiger partial charge in [-0.15, -0.1) is 0 Å². The maximum Gasteiger partial charge on any atom is 0.260 e. The molecule has 3 rings (SSSR count). The summed E-state index contributed by atoms with van der Waals surface area (Å²) < 4.78 is 7.33. The molecule has 6 nitrogen and oxygen atoms in total. The Hall–Kier alpha value is -2.63. The highest BCUT2D eigenvalue weighted by molar-refractivity contribution is 5.80. The summed E-state index contributed by atoms with van der Waals surface area (Å²) in [4.78, 5) is 29.1. The normalized spacial score (nSPS) is 15.4. The lowest BCUT2D eigenvalue weighted by atomic mass is 10.0. The smallest absolute Gasteiger partial charge is 0.260 e. The maximum atomic E-state index is 12.3. The minimum Gasteiger partial charge on any atom is -0.481 e. The molecule has 1 N–H and O–H groups in total. The molecule has 1 saturated carbocycles. The van der Waals surface area contributed by atoms with E-state index in [1.807, 2.05) is 32.0 Å². The Bertz CT molecular complexity index is 885. The molecule has 0 radical (unpaired) electrons. The number of carbonyl (C=O) groups is 1. The number of ether oxygens (including phenoxy) is 1. The van der Waals surface area contributed by atoms with Crippen LogP contribution in [0.25, 0.3) is 0 Å². The Labute approximate surface area is 165 Å². The van der Waals surface area contributed by atoms with Crippen LogP contribution in [0, 0.1) is 13.8 Å². The van der Waals surface area contributed by atoms with E-state index in [0.717, 1.165) is 29.7 Å². The predicted molar refractivity (Wildman–Crippen MR) is 109 cm³/mol. The summed E-state index contributed by atoms with van der Waals surface area (Å²) in [7, 11) is 0. The molecule has 1 aliphatic rings. The summed E-state index contributed by atoms with van der Waals surface area (Å²) in [5.74, 6) is 0.931. The van der Waals surface area contributed by atoms with Gasteiger partial charge in [-0.1, -0.05) is 25.0 Å². The maximum absolute atomic E-state index is 12.3. The van der Waals surface area contributed by atoms with E-state index in [1.54, 1.807) is 19.3 Å². The van der Waals surface area contributed by atoms with E-state index < -0.39 is 6.10 Å². The van der Waals surface area contributed by atoms with Crippen molar-refractivity contribution in [3.63, 3.8) is 0 Å². The van der Waals surface area contributed by atoms with Crippen LogP contribution < -0.4 is 15.6 Å². The first kappa shape index (κ1) is 20.1. The monoisotopic (exact) mass is 383 g/mol. The van der Waals surface area contributed by atoms with E-state index in [1.165, 1.54) is 17.4 Å². The third kappa shape index (κ3) is 5.00. The molecule has 6 heteroatoms. The van der Waals surface area contributed by atoms with Crippen molar-refractivity contribution in [1.82, 2.24) is 14.9 Å². The Morgan fingerprint density at radius 3 is 2.75 bits per heavy atom. The Kier molecular flexibility index (Phi) is 6.49. The quantitative estimate of drug-likeness (QED) is 0.797. The van der Waals surface area contributed by atoms with Crippen molar-refractivity contribution in [3.8, 4) is 5.75 Å². The number of carbonyl (C=O) groups excluding carboxylic acids is 1. The van der Waals surface area contributed by atoms with Crippen molar-refractivity contribution in [1.29, 1.82) is 0 Å². The van der Waals surface area contributed by atoms with E-state index in [0.29, 0.717) is 24.8 Å². The minimum absolute atomic E-state index is 0.0640. The van der Waals surface area contributed by atoms with Gasteiger partial charge in [-0.2, -0.15) is 0 Å². The van der Waals surface area contributed by atoms with Crippen LogP contribution in [0.5, 0.6) is 5.75 Å². The van der Waals surface area contributed by atoms with E-state index in [4.69, 9.17) is 4.74 Å². The van der Waals surface area contributed by atoms with Crippen molar-refractivity contribution >= 4 is 5.91 Å². The van der Waals surface area contributed by atoms with Crippen molar-refractivity contribution < 1.29 is 9.53 Å². The average molecular weight is 383 g/mol. The van der Waals surface area contributed by atoms with Crippen molar-refractivity contribution in [2.75, 3.05) is 6.54 Å². The number of amides is 1. The van der Waals surface area contributed by atoms with Gasteiger partial charge in [-0.05, 0) is 50.8 Å². The lowest BCUT2D eigenvalue weighted by Crippen LogP contribution is -2.39. The highest BCUT2D eigenvalue weighted by Crippen LogP contribution is 2.32. The molecule has 1 aromatic carbocycles. The molecule has 1 amide bonds. The first-order valence-corrected chi connectivity index (χ1v) is 10.0. The fourth-order valence-corrected chi connectivity index (χ4v) is 3.57. The third-order valence-corrected chi connectivity index (χ3v) is 5.34. The van der Waals surface area contributed by atoms with Gasteiger partial charge in [0.25, 0.3) is 11.5 Å². The van der Waals surface area contributed by atoms with E-state index in [-0.39, 0.29) is 11.5 Å². The minimum atomic E-state index is -0.611. The SMILES string of the molecule is Cc1ccc(C)c(OC(C)C(=O)NCCn2cnc(C3CCCC3)cc2=O)c1. The number of rotatable bonds is 7. The van der Waals surface area contributed by atoms with Crippen LogP contribution in [-0.4, -0.2) is 28.1 Å². The number of nitrogens with zero attached hydrogens (tertiary/aromatic N) is 2. The number of nitrogens with one attached hydrogen (secondary N) is 1. The number of hydrogen-bond donors (Lipinski definition) is 1. The summed E-state index contributed by atoms with van der Waals surface area (Å²) in [6, 6.07) is 7.56. The molecule has 1 unspecified atom stereocenters. The van der Waals surface area contributed by atoms with Crippen molar-refractivity contribution in [2.24, 2.45) is 0 Å². The van der Waals surface area contributed by atoms with Gasteiger partial charge in [0.2, 0.25) is 0 Å². The number of hydrogen-bond acceptors (Lipinski definition) is 4. The van der Waals surface area contributed by atoms with Crippen LogP contribution in [-0.2, 0) is 11.3 Å². The second-order valence-electron chi connectivity index (χ2n) is 7.65. The van der Waals surface area contributed by atoms with Gasteiger partial charge in [-0.25, -0.2) is 4.98 Å². The molecular weight excluding hydrogens is 354 g/mol. The summed E-state index contributed by atoms with van der Waals surface area (Å²) in [5, 5.41) is 2.83. The average Bonchev–Trinajstić information content (AvgIpc) is 3.20. The zero-order valence-corrected chi connectivity index (χ0v) is 16.9. The van der Waals surface area contributed by atoms with E-state index >= 15 is 0 Å². The Morgan fingerprint density at radius 1 is 1.29 bits per heavy atom. The van der Waals surface area contributed by atoms with Crippen LogP contribution in [0.4, 0.5) is 0 Å². The summed E-state index contributed by atoms with van der Waals surface area (Å²) in [6.45, 7) is 6.40. The third-order valence-electron chi connectivity index (χ3n) is 5.34. The number of aromatic nitrogens is 2. The predicted octanol–water partition coefficient (Wildman–Crippen LogP) is 3.10. The van der Waals surface area contributed by atoms with Gasteiger partial charge >= 0.3 is 0 Å². The lowest BCUT2D eigenvalue weighted by Gasteiger charge is -2.17. The second-order valence-corrected chi connectivity index (χ2v) is 7.65. The summed E-state index contributed by atoms with van der Waals surface area (Å²) in [6.07, 6.45) is 5.64. The van der Waals surface area contributed by atoms with Crippen LogP contribution in [0.1, 0.15) is 55.3 Å². The molecule has 150 valence electrons. The second kappa shape index (κ2) is 9.04. The van der Waals surface area contributed by atoms with Gasteiger partial charge in [0, 0.05) is 25.1 Å². The van der Waals surface area contributed by atoms with Gasteiger partial charge in [-0.3, -0.25) is 14.2 Å². The number of benzene rings is 1. The Morgan fingerprint density at radius 2 is 2.04 bits per heavy atom. The van der Waals surface area contributed by atoms with Gasteiger partial charge < -0.3 is 10.1 Å². The molecule has 1 aromatic heterocycles. The number of aryl methyl sites for hydroxylation is 2. The first-order valence-electron chi connectivity index (χ1n) is 10.0. The topological polar surface area (TPSA) is 73.2 Å². The lowest BCUT2D eigenvalue weighted by molar-refractivity contribution is -0.127. The molecule has 28 heavy (non-hydrogen) atoms. The molecular formula is C22H29N3O3. The summed E-state index contributed by atoms with van der Waals surface area (Å²) >= 11 is 0. The van der Waals surface area contributed by atoms with Crippen molar-refractivity contribution in [2.45, 2.75) is 65.0 Å². The molecule has 0 bridgehead atoms. The molecule has 1 fully saturated rings. The van der Waals surface area contributed by atoms with Gasteiger partial charge in [0.1, 0.15) is 5.75 Å². The largest absolute Gasteiger partial charge is 0.481 e. The highest BCUT2D eigenvalue weighted by atomic mass is 16.5. The van der Waals surface area contributed by atoms with Crippen LogP contribution in [0.15, 0.2) is 35.4 Å². The van der Waals surface area contributed by atoms with E-state index in [2.05, 4.69) is 10.3 Å². The zero-order valence-electron chi connectivity index (χ0n) is 16.9. The zero-order chi connectivity index (χ0) is 20.1. The highest BCUT2D eigenvalue weighted by Gasteiger charge is 2.19. The molecule has 0 saturated heterocycles. The van der Waals surface area contributed by atoms with Crippen molar-refractivity contribution in [3.05, 3.63) is 57.8 Å². The first-order chi connectivity index (χ1) is 13.4. The Balaban J connectivity index is 1.50. The fraction of sp³-hybridized carbons (Fsp3) is 0.500. The fourth-order valence-electron chi connectivity index (χ4n) is 3.57. The van der Waals surface area contributed by atoms with Gasteiger partial charge in [0.05, 0.1) is 12.0 Å². The molecule has 1 atom stereocenters. The molecule has 1 heterocycles. The summed E-state index contributed by atoms with van der Waals surface area (Å²) in [5.41, 5.74) is 2.91. The standard InChI is InChI=1S/C22H29N3O3/c1-15-8-9-16(2)20(12-15)28-17(3)22(27)23-10-11-25-14-24-19(13-21(25)26)18-6-4-5-7-18/h8-9,12-14,17-18H,4-7,10-11H2,1-3H3,(H,23,27). The van der Waals surface area contributed by atoms with E-state index in [9.17, 15) is 9.59 Å². The molecule has 1 aliphatic carbocycles. The van der Waals surface area contributed by atoms with Crippen LogP contribution in [0.2, 0.25) is 0 Å². The van der Waals surface area contributed by atoms with Crippen LogP contribution >= 0.6 is 0 Å². The molecule has 0 spiro atoms. The van der Waals surface area contributed by atoms with Gasteiger partial charge in [0.15, 0.2) is 6.10 Å². The van der Waals surface area contributed by atoms with Crippen LogP contribution in [0.3, 0.4) is 0 Å². The molecule has 0 aliphatic heterocycles. The molecule has 2 aromatic rings.